The molecule has 1 unspecified atom stereocenters. The van der Waals surface area contributed by atoms with Gasteiger partial charge in [0.1, 0.15) is 0 Å². The van der Waals surface area contributed by atoms with E-state index in [-0.39, 0.29) is 0 Å². The van der Waals surface area contributed by atoms with E-state index in [1.807, 2.05) is 6.92 Å². The van der Waals surface area contributed by atoms with E-state index in [9.17, 15) is 9.90 Å². The maximum atomic E-state index is 11.4. The molecule has 0 radical (unpaired) electrons. The van der Waals surface area contributed by atoms with E-state index in [4.69, 9.17) is 0 Å². The van der Waals surface area contributed by atoms with Crippen molar-refractivity contribution in [2.75, 3.05) is 0 Å². The molecule has 0 aliphatic heterocycles. The summed E-state index contributed by atoms with van der Waals surface area (Å²) < 4.78 is 0. The van der Waals surface area contributed by atoms with Crippen LogP contribution in [-0.4, -0.2) is 11.1 Å². The lowest BCUT2D eigenvalue weighted by Gasteiger charge is -2.24. The molecule has 0 fully saturated rings. The fourth-order valence-electron chi connectivity index (χ4n) is 2.40. The molecule has 1 atom stereocenters. The standard InChI is InChI=1S/C16H32O2/c1-4-6-8-9-10-12-14-16(3,15(17)18)13-11-7-5-2/h4-14H2,1-3H3,(H,17,18). The predicted octanol–water partition coefficient (Wildman–Crippen LogP) is 5.41. The van der Waals surface area contributed by atoms with E-state index in [0.29, 0.717) is 0 Å². The van der Waals surface area contributed by atoms with Gasteiger partial charge in [-0.1, -0.05) is 71.6 Å². The predicted molar refractivity (Wildman–Crippen MR) is 77.9 cm³/mol. The molecule has 0 aromatic rings. The molecule has 0 aromatic heterocycles. The van der Waals surface area contributed by atoms with Crippen LogP contribution in [0, 0.1) is 5.41 Å². The average molecular weight is 256 g/mol. The fraction of sp³-hybridized carbons (Fsp3) is 0.938. The van der Waals surface area contributed by atoms with Crippen LogP contribution < -0.4 is 0 Å². The summed E-state index contributed by atoms with van der Waals surface area (Å²) >= 11 is 0. The van der Waals surface area contributed by atoms with Crippen molar-refractivity contribution in [1.29, 1.82) is 0 Å². The van der Waals surface area contributed by atoms with Crippen molar-refractivity contribution in [2.45, 2.75) is 91.4 Å². The summed E-state index contributed by atoms with van der Waals surface area (Å²) in [7, 11) is 0. The quantitative estimate of drug-likeness (QED) is 0.474. The van der Waals surface area contributed by atoms with Crippen LogP contribution in [-0.2, 0) is 4.79 Å². The van der Waals surface area contributed by atoms with Gasteiger partial charge in [0.15, 0.2) is 0 Å². The van der Waals surface area contributed by atoms with Crippen LogP contribution in [0.4, 0.5) is 0 Å². The molecule has 0 spiro atoms. The molecule has 2 nitrogen and oxygen atoms in total. The molecule has 0 amide bonds. The van der Waals surface area contributed by atoms with Gasteiger partial charge in [-0.2, -0.15) is 0 Å². The largest absolute Gasteiger partial charge is 0.481 e. The van der Waals surface area contributed by atoms with Gasteiger partial charge in [-0.3, -0.25) is 4.79 Å². The van der Waals surface area contributed by atoms with Gasteiger partial charge in [0, 0.05) is 0 Å². The number of carbonyl (C=O) groups is 1. The molecule has 108 valence electrons. The summed E-state index contributed by atoms with van der Waals surface area (Å²) in [5, 5.41) is 9.37. The lowest BCUT2D eigenvalue weighted by Crippen LogP contribution is -2.27. The first kappa shape index (κ1) is 17.5. The van der Waals surface area contributed by atoms with Crippen LogP contribution in [0.25, 0.3) is 0 Å². The molecule has 2 heteroatoms. The highest BCUT2D eigenvalue weighted by molar-refractivity contribution is 5.74. The molecule has 0 aromatic carbocycles. The van der Waals surface area contributed by atoms with E-state index in [1.165, 1.54) is 32.1 Å². The molecular formula is C16H32O2. The Labute approximate surface area is 113 Å². The second kappa shape index (κ2) is 10.4. The van der Waals surface area contributed by atoms with Gasteiger partial charge in [0.05, 0.1) is 5.41 Å². The zero-order valence-corrected chi connectivity index (χ0v) is 12.6. The third-order valence-corrected chi connectivity index (χ3v) is 3.93. The smallest absolute Gasteiger partial charge is 0.309 e. The molecule has 0 heterocycles. The molecule has 1 N–H and O–H groups in total. The minimum atomic E-state index is -0.604. The van der Waals surface area contributed by atoms with E-state index >= 15 is 0 Å². The highest BCUT2D eigenvalue weighted by atomic mass is 16.4. The molecule has 0 aliphatic carbocycles. The lowest BCUT2D eigenvalue weighted by atomic mass is 9.80. The SMILES string of the molecule is CCCCCCCCC(C)(CCCCC)C(=O)O. The molecule has 18 heavy (non-hydrogen) atoms. The molecule has 0 saturated heterocycles. The topological polar surface area (TPSA) is 37.3 Å². The monoisotopic (exact) mass is 256 g/mol. The Bertz CT molecular complexity index is 213. The molecule has 0 rings (SSSR count). The zero-order chi connectivity index (χ0) is 13.9. The van der Waals surface area contributed by atoms with Gasteiger partial charge < -0.3 is 5.11 Å². The van der Waals surface area contributed by atoms with Crippen molar-refractivity contribution in [3.05, 3.63) is 0 Å². The highest BCUT2D eigenvalue weighted by Gasteiger charge is 2.31. The maximum absolute atomic E-state index is 11.4. The second-order valence-electron chi connectivity index (χ2n) is 5.84. The average Bonchev–Trinajstić information content (AvgIpc) is 2.34. The fourth-order valence-corrected chi connectivity index (χ4v) is 2.40. The normalized spacial score (nSPS) is 14.4. The minimum absolute atomic E-state index is 0.486. The van der Waals surface area contributed by atoms with E-state index in [0.717, 1.165) is 38.5 Å². The van der Waals surface area contributed by atoms with Crippen molar-refractivity contribution >= 4 is 5.97 Å². The minimum Gasteiger partial charge on any atom is -0.481 e. The molecular weight excluding hydrogens is 224 g/mol. The Morgan fingerprint density at radius 3 is 1.72 bits per heavy atom. The van der Waals surface area contributed by atoms with E-state index < -0.39 is 11.4 Å². The van der Waals surface area contributed by atoms with Crippen LogP contribution in [0.5, 0.6) is 0 Å². The van der Waals surface area contributed by atoms with Crippen LogP contribution >= 0.6 is 0 Å². The third kappa shape index (κ3) is 7.73. The van der Waals surface area contributed by atoms with Crippen LogP contribution in [0.1, 0.15) is 91.4 Å². The lowest BCUT2D eigenvalue weighted by molar-refractivity contribution is -0.149. The van der Waals surface area contributed by atoms with E-state index in [1.54, 1.807) is 0 Å². The van der Waals surface area contributed by atoms with Crippen molar-refractivity contribution in [1.82, 2.24) is 0 Å². The van der Waals surface area contributed by atoms with Gasteiger partial charge >= 0.3 is 5.97 Å². The first-order valence-electron chi connectivity index (χ1n) is 7.80. The summed E-state index contributed by atoms with van der Waals surface area (Å²) in [6.45, 7) is 6.30. The summed E-state index contributed by atoms with van der Waals surface area (Å²) in [4.78, 5) is 11.4. The van der Waals surface area contributed by atoms with Crippen LogP contribution in [0.2, 0.25) is 0 Å². The molecule has 0 aliphatic rings. The number of aliphatic carboxylic acids is 1. The van der Waals surface area contributed by atoms with Crippen molar-refractivity contribution in [3.8, 4) is 0 Å². The molecule has 0 bridgehead atoms. The van der Waals surface area contributed by atoms with Crippen molar-refractivity contribution < 1.29 is 9.90 Å². The van der Waals surface area contributed by atoms with Crippen molar-refractivity contribution in [3.63, 3.8) is 0 Å². The Hall–Kier alpha value is -0.530. The Balaban J connectivity index is 3.84. The number of unbranched alkanes of at least 4 members (excludes halogenated alkanes) is 7. The van der Waals surface area contributed by atoms with Gasteiger partial charge in [-0.15, -0.1) is 0 Å². The third-order valence-electron chi connectivity index (χ3n) is 3.93. The molecule has 0 saturated carbocycles. The number of hydrogen-bond donors (Lipinski definition) is 1. The number of carboxylic acid groups (broad SMARTS) is 1. The van der Waals surface area contributed by atoms with Gasteiger partial charge in [0.2, 0.25) is 0 Å². The number of carboxylic acids is 1. The summed E-state index contributed by atoms with van der Waals surface area (Å²) in [5.41, 5.74) is -0.486. The van der Waals surface area contributed by atoms with Crippen LogP contribution in [0.3, 0.4) is 0 Å². The van der Waals surface area contributed by atoms with Gasteiger partial charge in [0.25, 0.3) is 0 Å². The van der Waals surface area contributed by atoms with E-state index in [2.05, 4.69) is 13.8 Å². The first-order valence-corrected chi connectivity index (χ1v) is 7.80. The summed E-state index contributed by atoms with van der Waals surface area (Å²) in [6.07, 6.45) is 12.4. The highest BCUT2D eigenvalue weighted by Crippen LogP contribution is 2.31. The van der Waals surface area contributed by atoms with Crippen molar-refractivity contribution in [2.24, 2.45) is 5.41 Å². The first-order chi connectivity index (χ1) is 8.56. The van der Waals surface area contributed by atoms with Gasteiger partial charge in [-0.05, 0) is 19.8 Å². The second-order valence-corrected chi connectivity index (χ2v) is 5.84. The Kier molecular flexibility index (Phi) is 10.1. The zero-order valence-electron chi connectivity index (χ0n) is 12.6. The van der Waals surface area contributed by atoms with Crippen LogP contribution in [0.15, 0.2) is 0 Å². The summed E-state index contributed by atoms with van der Waals surface area (Å²) in [6, 6.07) is 0. The van der Waals surface area contributed by atoms with Gasteiger partial charge in [-0.25, -0.2) is 0 Å². The Morgan fingerprint density at radius 2 is 1.22 bits per heavy atom. The number of hydrogen-bond acceptors (Lipinski definition) is 1. The Morgan fingerprint density at radius 1 is 0.833 bits per heavy atom. The summed E-state index contributed by atoms with van der Waals surface area (Å²) in [5.74, 6) is -0.604. The number of rotatable bonds is 12. The maximum Gasteiger partial charge on any atom is 0.309 e.